The SMILES string of the molecule is O=C(O)/C=C/C(=O)O.O=C(O)/C=C/C(=O)O.OCCOCCN1CCN(C2=Nc3ccccc3Sc3ccccc32)CC1. The van der Waals surface area contributed by atoms with E-state index in [9.17, 15) is 19.2 Å². The van der Waals surface area contributed by atoms with Crippen LogP contribution in [0.1, 0.15) is 5.56 Å². The van der Waals surface area contributed by atoms with Crippen LogP contribution in [0, 0.1) is 0 Å². The van der Waals surface area contributed by atoms with Gasteiger partial charge >= 0.3 is 23.9 Å². The lowest BCUT2D eigenvalue weighted by Crippen LogP contribution is -2.49. The maximum absolute atomic E-state index is 9.55. The minimum Gasteiger partial charge on any atom is -0.478 e. The summed E-state index contributed by atoms with van der Waals surface area (Å²) >= 11 is 1.80. The standard InChI is InChI=1S/C21H25N3O2S.2C4H4O4/c25-14-16-26-15-13-23-9-11-24(12-10-23)21-17-5-1-3-7-19(17)27-20-8-4-2-6-18(20)22-21;2*5-3(6)1-2-4(7)8/h1-8,25H,9-16H2;2*1-2H,(H,5,6)(H,7,8)/b;2*2-1+. The number of hydrogen-bond donors (Lipinski definition) is 5. The highest BCUT2D eigenvalue weighted by molar-refractivity contribution is 7.99. The van der Waals surface area contributed by atoms with E-state index in [-0.39, 0.29) is 6.61 Å². The molecule has 2 aliphatic rings. The van der Waals surface area contributed by atoms with E-state index >= 15 is 0 Å². The fourth-order valence-electron chi connectivity index (χ4n) is 3.74. The van der Waals surface area contributed by atoms with Crippen LogP contribution in [-0.2, 0) is 23.9 Å². The maximum Gasteiger partial charge on any atom is 0.328 e. The number of benzene rings is 2. The van der Waals surface area contributed by atoms with E-state index in [1.54, 1.807) is 11.8 Å². The normalized spacial score (nSPS) is 14.3. The van der Waals surface area contributed by atoms with Gasteiger partial charge < -0.3 is 35.2 Å². The number of nitrogens with zero attached hydrogens (tertiary/aromatic N) is 3. The Labute approximate surface area is 252 Å². The lowest BCUT2D eigenvalue weighted by molar-refractivity contribution is -0.134. The lowest BCUT2D eigenvalue weighted by atomic mass is 10.1. The van der Waals surface area contributed by atoms with Gasteiger partial charge in [-0.15, -0.1) is 0 Å². The highest BCUT2D eigenvalue weighted by Crippen LogP contribution is 2.40. The zero-order chi connectivity index (χ0) is 31.6. The molecule has 0 unspecified atom stereocenters. The first kappa shape index (κ1) is 34.7. The lowest BCUT2D eigenvalue weighted by Gasteiger charge is -2.36. The van der Waals surface area contributed by atoms with E-state index < -0.39 is 23.9 Å². The van der Waals surface area contributed by atoms with Gasteiger partial charge in [-0.2, -0.15) is 0 Å². The zero-order valence-corrected chi connectivity index (χ0v) is 23.9. The van der Waals surface area contributed by atoms with E-state index in [4.69, 9.17) is 35.3 Å². The molecule has 0 amide bonds. The number of ether oxygens (including phenoxy) is 1. The summed E-state index contributed by atoms with van der Waals surface area (Å²) in [6, 6.07) is 16.9. The van der Waals surface area contributed by atoms with Crippen molar-refractivity contribution in [2.45, 2.75) is 9.79 Å². The molecule has 230 valence electrons. The molecule has 5 N–H and O–H groups in total. The molecule has 1 fully saturated rings. The summed E-state index contributed by atoms with van der Waals surface area (Å²) < 4.78 is 5.40. The van der Waals surface area contributed by atoms with Gasteiger partial charge in [-0.3, -0.25) is 4.90 Å². The van der Waals surface area contributed by atoms with E-state index in [2.05, 4.69) is 58.3 Å². The summed E-state index contributed by atoms with van der Waals surface area (Å²) in [4.78, 5) is 50.6. The summed E-state index contributed by atoms with van der Waals surface area (Å²) in [7, 11) is 0. The van der Waals surface area contributed by atoms with Crippen LogP contribution in [-0.4, -0.2) is 118 Å². The van der Waals surface area contributed by atoms with Crippen LogP contribution in [0.15, 0.2) is 87.6 Å². The predicted octanol–water partition coefficient (Wildman–Crippen LogP) is 2.28. The molecule has 13 nitrogen and oxygen atoms in total. The summed E-state index contributed by atoms with van der Waals surface area (Å²) in [5.41, 5.74) is 2.27. The van der Waals surface area contributed by atoms with Crippen LogP contribution >= 0.6 is 11.8 Å². The van der Waals surface area contributed by atoms with Crippen molar-refractivity contribution in [3.8, 4) is 0 Å². The van der Waals surface area contributed by atoms with Crippen LogP contribution in [0.2, 0.25) is 0 Å². The number of para-hydroxylation sites is 1. The monoisotopic (exact) mass is 615 g/mol. The van der Waals surface area contributed by atoms with Crippen molar-refractivity contribution in [3.63, 3.8) is 0 Å². The number of aliphatic hydroxyl groups is 1. The number of carboxylic acid groups (broad SMARTS) is 4. The fraction of sp³-hybridized carbons (Fsp3) is 0.276. The summed E-state index contributed by atoms with van der Waals surface area (Å²) in [5.74, 6) is -3.95. The number of aliphatic hydroxyl groups excluding tert-OH is 1. The molecule has 43 heavy (non-hydrogen) atoms. The van der Waals surface area contributed by atoms with Crippen molar-refractivity contribution in [1.29, 1.82) is 0 Å². The first-order valence-electron chi connectivity index (χ1n) is 13.0. The molecule has 0 saturated carbocycles. The quantitative estimate of drug-likeness (QED) is 0.204. The number of hydrogen-bond acceptors (Lipinski definition) is 10. The Bertz CT molecular complexity index is 1270. The minimum absolute atomic E-state index is 0.0898. The average Bonchev–Trinajstić information content (AvgIpc) is 3.15. The molecule has 0 bridgehead atoms. The second kappa shape index (κ2) is 18.8. The van der Waals surface area contributed by atoms with Crippen LogP contribution in [0.25, 0.3) is 0 Å². The summed E-state index contributed by atoms with van der Waals surface area (Å²) in [5, 5.41) is 40.0. The number of aliphatic carboxylic acids is 4. The third-order valence-corrected chi connectivity index (χ3v) is 6.78. The zero-order valence-electron chi connectivity index (χ0n) is 23.1. The van der Waals surface area contributed by atoms with Crippen LogP contribution in [0.5, 0.6) is 0 Å². The number of carbonyl (C=O) groups is 4. The first-order valence-corrected chi connectivity index (χ1v) is 13.8. The van der Waals surface area contributed by atoms with Gasteiger partial charge in [-0.05, 0) is 18.2 Å². The van der Waals surface area contributed by atoms with Gasteiger partial charge in [0.05, 0.1) is 25.5 Å². The Balaban J connectivity index is 0.000000334. The molecule has 0 aromatic heterocycles. The Kier molecular flexibility index (Phi) is 15.2. The van der Waals surface area contributed by atoms with Crippen molar-refractivity contribution >= 4 is 47.2 Å². The van der Waals surface area contributed by atoms with Gasteiger partial charge in [-0.1, -0.05) is 42.1 Å². The van der Waals surface area contributed by atoms with Crippen molar-refractivity contribution in [3.05, 3.63) is 78.4 Å². The van der Waals surface area contributed by atoms with Gasteiger partial charge in [0.25, 0.3) is 0 Å². The molecule has 0 aliphatic carbocycles. The third-order valence-electron chi connectivity index (χ3n) is 5.64. The number of piperazine rings is 1. The van der Waals surface area contributed by atoms with E-state index in [1.165, 1.54) is 15.4 Å². The molecule has 0 atom stereocenters. The van der Waals surface area contributed by atoms with Crippen LogP contribution in [0.3, 0.4) is 0 Å². The van der Waals surface area contributed by atoms with Crippen molar-refractivity contribution < 1.29 is 49.4 Å². The Hall–Kier alpha value is -4.50. The Morgan fingerprint density at radius 1 is 0.744 bits per heavy atom. The molecule has 2 aromatic carbocycles. The second-order valence-electron chi connectivity index (χ2n) is 8.69. The molecule has 0 radical (unpaired) electrons. The molecular formula is C29H33N3O10S. The Morgan fingerprint density at radius 3 is 1.79 bits per heavy atom. The van der Waals surface area contributed by atoms with Gasteiger partial charge in [0, 0.05) is 72.4 Å². The third kappa shape index (κ3) is 13.3. The summed E-state index contributed by atoms with van der Waals surface area (Å²) in [6.07, 6.45) is 2.23. The molecule has 2 aliphatic heterocycles. The molecular weight excluding hydrogens is 582 g/mol. The van der Waals surface area contributed by atoms with E-state index in [0.29, 0.717) is 37.5 Å². The van der Waals surface area contributed by atoms with Crippen molar-refractivity contribution in [2.24, 2.45) is 4.99 Å². The van der Waals surface area contributed by atoms with Gasteiger partial charge in [0.1, 0.15) is 5.84 Å². The number of carboxylic acids is 4. The van der Waals surface area contributed by atoms with E-state index in [1.807, 2.05) is 0 Å². The molecule has 1 saturated heterocycles. The van der Waals surface area contributed by atoms with Gasteiger partial charge in [-0.25, -0.2) is 24.2 Å². The number of aliphatic imine (C=N–C) groups is 1. The second-order valence-corrected chi connectivity index (χ2v) is 9.77. The van der Waals surface area contributed by atoms with Gasteiger partial charge in [0.15, 0.2) is 0 Å². The van der Waals surface area contributed by atoms with Crippen LogP contribution < -0.4 is 0 Å². The molecule has 2 heterocycles. The maximum atomic E-state index is 9.55. The smallest absolute Gasteiger partial charge is 0.328 e. The minimum atomic E-state index is -1.26. The Morgan fingerprint density at radius 2 is 1.26 bits per heavy atom. The van der Waals surface area contributed by atoms with Crippen molar-refractivity contribution in [2.75, 3.05) is 52.5 Å². The highest BCUT2D eigenvalue weighted by atomic mass is 32.2. The van der Waals surface area contributed by atoms with Crippen molar-refractivity contribution in [1.82, 2.24) is 9.80 Å². The predicted molar refractivity (Wildman–Crippen MR) is 158 cm³/mol. The topological polar surface area (TPSA) is 198 Å². The fourth-order valence-corrected chi connectivity index (χ4v) is 4.76. The first-order chi connectivity index (χ1) is 20.6. The molecule has 14 heteroatoms. The number of amidine groups is 1. The largest absolute Gasteiger partial charge is 0.478 e. The average molecular weight is 616 g/mol. The molecule has 2 aromatic rings. The number of fused-ring (bicyclic) bond motifs is 2. The molecule has 4 rings (SSSR count). The van der Waals surface area contributed by atoms with Crippen LogP contribution in [0.4, 0.5) is 5.69 Å². The number of rotatable bonds is 9. The van der Waals surface area contributed by atoms with E-state index in [0.717, 1.165) is 44.2 Å². The highest BCUT2D eigenvalue weighted by Gasteiger charge is 2.25. The van der Waals surface area contributed by atoms with Gasteiger partial charge in [0.2, 0.25) is 0 Å². The molecule has 0 spiro atoms. The summed E-state index contributed by atoms with van der Waals surface area (Å²) in [6.45, 7) is 6.01.